The van der Waals surface area contributed by atoms with Crippen LogP contribution in [-0.2, 0) is 0 Å². The van der Waals surface area contributed by atoms with Crippen LogP contribution in [0.4, 0.5) is 5.69 Å². The Labute approximate surface area is 115 Å². The standard InChI is InChI=1S/C16H25NO2/c1-13-7-9-16(12-18,10-8-13)11-17(2)14-3-5-15(19)6-4-14/h3-6,13,18-19H,7-12H2,1-2H3. The van der Waals surface area contributed by atoms with Crippen molar-refractivity contribution in [3.63, 3.8) is 0 Å². The Morgan fingerprint density at radius 3 is 2.32 bits per heavy atom. The van der Waals surface area contributed by atoms with Crippen LogP contribution in [0, 0.1) is 11.3 Å². The Hall–Kier alpha value is -1.22. The van der Waals surface area contributed by atoms with Crippen molar-refractivity contribution in [2.75, 3.05) is 25.1 Å². The van der Waals surface area contributed by atoms with Crippen molar-refractivity contribution in [1.29, 1.82) is 0 Å². The van der Waals surface area contributed by atoms with Gasteiger partial charge in [0.25, 0.3) is 0 Å². The first-order valence-corrected chi connectivity index (χ1v) is 7.16. The number of nitrogens with zero attached hydrogens (tertiary/aromatic N) is 1. The minimum atomic E-state index is 0.0408. The van der Waals surface area contributed by atoms with E-state index in [0.717, 1.165) is 31.0 Å². The molecule has 0 atom stereocenters. The molecular weight excluding hydrogens is 238 g/mol. The lowest BCUT2D eigenvalue weighted by Crippen LogP contribution is -2.41. The molecule has 0 spiro atoms. The van der Waals surface area contributed by atoms with Crippen molar-refractivity contribution < 1.29 is 10.2 Å². The monoisotopic (exact) mass is 263 g/mol. The van der Waals surface area contributed by atoms with Crippen molar-refractivity contribution in [3.8, 4) is 5.75 Å². The van der Waals surface area contributed by atoms with E-state index in [1.807, 2.05) is 12.1 Å². The molecule has 1 aliphatic rings. The van der Waals surface area contributed by atoms with Crippen LogP contribution in [0.15, 0.2) is 24.3 Å². The maximum absolute atomic E-state index is 9.80. The Morgan fingerprint density at radius 1 is 1.21 bits per heavy atom. The molecule has 1 saturated carbocycles. The first-order chi connectivity index (χ1) is 9.04. The van der Waals surface area contributed by atoms with Crippen LogP contribution in [0.5, 0.6) is 5.75 Å². The summed E-state index contributed by atoms with van der Waals surface area (Å²) in [7, 11) is 2.06. The summed E-state index contributed by atoms with van der Waals surface area (Å²) < 4.78 is 0. The molecule has 106 valence electrons. The van der Waals surface area contributed by atoms with Crippen molar-refractivity contribution in [2.24, 2.45) is 11.3 Å². The van der Waals surface area contributed by atoms with E-state index in [2.05, 4.69) is 18.9 Å². The van der Waals surface area contributed by atoms with Crippen LogP contribution in [0.1, 0.15) is 32.6 Å². The largest absolute Gasteiger partial charge is 0.508 e. The minimum Gasteiger partial charge on any atom is -0.508 e. The summed E-state index contributed by atoms with van der Waals surface area (Å²) >= 11 is 0. The molecule has 0 heterocycles. The van der Waals surface area contributed by atoms with Crippen LogP contribution >= 0.6 is 0 Å². The molecule has 1 fully saturated rings. The van der Waals surface area contributed by atoms with Crippen LogP contribution < -0.4 is 4.90 Å². The number of phenolic OH excluding ortho intramolecular Hbond substituents is 1. The summed E-state index contributed by atoms with van der Waals surface area (Å²) in [6.07, 6.45) is 4.63. The van der Waals surface area contributed by atoms with Gasteiger partial charge in [-0.1, -0.05) is 19.8 Å². The third-order valence-electron chi connectivity index (χ3n) is 4.53. The Bertz CT molecular complexity index is 394. The molecule has 3 heteroatoms. The van der Waals surface area contributed by atoms with Crippen molar-refractivity contribution in [1.82, 2.24) is 0 Å². The number of anilines is 1. The molecule has 0 bridgehead atoms. The molecular formula is C16H25NO2. The quantitative estimate of drug-likeness (QED) is 0.877. The summed E-state index contributed by atoms with van der Waals surface area (Å²) in [6, 6.07) is 7.26. The normalized spacial score (nSPS) is 27.2. The Morgan fingerprint density at radius 2 is 1.79 bits per heavy atom. The van der Waals surface area contributed by atoms with E-state index in [-0.39, 0.29) is 12.0 Å². The van der Waals surface area contributed by atoms with E-state index >= 15 is 0 Å². The first-order valence-electron chi connectivity index (χ1n) is 7.16. The molecule has 0 aromatic heterocycles. The van der Waals surface area contributed by atoms with Gasteiger partial charge >= 0.3 is 0 Å². The van der Waals surface area contributed by atoms with E-state index in [0.29, 0.717) is 5.75 Å². The summed E-state index contributed by atoms with van der Waals surface area (Å²) in [5, 5.41) is 19.1. The molecule has 2 N–H and O–H groups in total. The minimum absolute atomic E-state index is 0.0408. The lowest BCUT2D eigenvalue weighted by atomic mass is 9.71. The highest BCUT2D eigenvalue weighted by molar-refractivity contribution is 5.48. The maximum atomic E-state index is 9.80. The molecule has 0 radical (unpaired) electrons. The predicted octanol–water partition coefficient (Wildman–Crippen LogP) is 3.02. The zero-order valence-corrected chi connectivity index (χ0v) is 12.0. The first kappa shape index (κ1) is 14.2. The van der Waals surface area contributed by atoms with Crippen molar-refractivity contribution in [3.05, 3.63) is 24.3 Å². The van der Waals surface area contributed by atoms with Gasteiger partial charge in [0.1, 0.15) is 5.75 Å². The van der Waals surface area contributed by atoms with Gasteiger partial charge in [0.2, 0.25) is 0 Å². The molecule has 19 heavy (non-hydrogen) atoms. The topological polar surface area (TPSA) is 43.7 Å². The number of hydrogen-bond acceptors (Lipinski definition) is 3. The molecule has 0 amide bonds. The number of hydrogen-bond donors (Lipinski definition) is 2. The lowest BCUT2D eigenvalue weighted by Gasteiger charge is -2.41. The maximum Gasteiger partial charge on any atom is 0.115 e. The molecule has 2 rings (SSSR count). The second kappa shape index (κ2) is 5.83. The van der Waals surface area contributed by atoms with Crippen LogP contribution in [-0.4, -0.2) is 30.4 Å². The number of aliphatic hydroxyl groups excluding tert-OH is 1. The summed E-state index contributed by atoms with van der Waals surface area (Å²) in [5.74, 6) is 1.08. The Balaban J connectivity index is 2.03. The Kier molecular flexibility index (Phi) is 4.35. The van der Waals surface area contributed by atoms with Crippen molar-refractivity contribution >= 4 is 5.69 Å². The fourth-order valence-electron chi connectivity index (χ4n) is 3.04. The molecule has 1 aliphatic carbocycles. The molecule has 0 unspecified atom stereocenters. The van der Waals surface area contributed by atoms with Gasteiger partial charge in [-0.15, -0.1) is 0 Å². The average molecular weight is 263 g/mol. The summed E-state index contributed by atoms with van der Waals surface area (Å²) in [6.45, 7) is 3.44. The number of benzene rings is 1. The number of phenols is 1. The van der Waals surface area contributed by atoms with Crippen LogP contribution in [0.25, 0.3) is 0 Å². The van der Waals surface area contributed by atoms with Gasteiger partial charge in [0.05, 0.1) is 6.61 Å². The third kappa shape index (κ3) is 3.41. The molecule has 0 saturated heterocycles. The molecule has 1 aromatic carbocycles. The number of aromatic hydroxyl groups is 1. The van der Waals surface area contributed by atoms with E-state index in [9.17, 15) is 10.2 Å². The van der Waals surface area contributed by atoms with Gasteiger partial charge in [0.15, 0.2) is 0 Å². The lowest BCUT2D eigenvalue weighted by molar-refractivity contribution is 0.0740. The van der Waals surface area contributed by atoms with Gasteiger partial charge in [-0.25, -0.2) is 0 Å². The highest BCUT2D eigenvalue weighted by Crippen LogP contribution is 2.39. The van der Waals surface area contributed by atoms with Gasteiger partial charge in [-0.3, -0.25) is 0 Å². The predicted molar refractivity (Wildman–Crippen MR) is 78.5 cm³/mol. The summed E-state index contributed by atoms with van der Waals surface area (Å²) in [4.78, 5) is 2.19. The van der Waals surface area contributed by atoms with E-state index in [1.165, 1.54) is 12.8 Å². The molecule has 3 nitrogen and oxygen atoms in total. The second-order valence-corrected chi connectivity index (χ2v) is 6.21. The van der Waals surface area contributed by atoms with Crippen molar-refractivity contribution in [2.45, 2.75) is 32.6 Å². The fourth-order valence-corrected chi connectivity index (χ4v) is 3.04. The zero-order valence-electron chi connectivity index (χ0n) is 12.0. The summed E-state index contributed by atoms with van der Waals surface area (Å²) in [5.41, 5.74) is 1.13. The third-order valence-corrected chi connectivity index (χ3v) is 4.53. The second-order valence-electron chi connectivity index (χ2n) is 6.21. The zero-order chi connectivity index (χ0) is 13.9. The highest BCUT2D eigenvalue weighted by atomic mass is 16.3. The van der Waals surface area contributed by atoms with E-state index in [4.69, 9.17) is 0 Å². The van der Waals surface area contributed by atoms with Gasteiger partial charge in [-0.05, 0) is 43.0 Å². The fraction of sp³-hybridized carbons (Fsp3) is 0.625. The average Bonchev–Trinajstić information content (AvgIpc) is 2.42. The van der Waals surface area contributed by atoms with Gasteiger partial charge in [0, 0.05) is 24.7 Å². The van der Waals surface area contributed by atoms with E-state index < -0.39 is 0 Å². The van der Waals surface area contributed by atoms with Crippen LogP contribution in [0.3, 0.4) is 0 Å². The molecule has 1 aromatic rings. The SMILES string of the molecule is CC1CCC(CO)(CN(C)c2ccc(O)cc2)CC1. The van der Waals surface area contributed by atoms with Gasteiger partial charge < -0.3 is 15.1 Å². The number of rotatable bonds is 4. The number of aliphatic hydroxyl groups is 1. The highest BCUT2D eigenvalue weighted by Gasteiger charge is 2.34. The smallest absolute Gasteiger partial charge is 0.115 e. The van der Waals surface area contributed by atoms with Crippen LogP contribution in [0.2, 0.25) is 0 Å². The van der Waals surface area contributed by atoms with Gasteiger partial charge in [-0.2, -0.15) is 0 Å². The van der Waals surface area contributed by atoms with E-state index in [1.54, 1.807) is 12.1 Å². The molecule has 0 aliphatic heterocycles.